The molecule has 0 radical (unpaired) electrons. The van der Waals surface area contributed by atoms with Gasteiger partial charge in [0.15, 0.2) is 0 Å². The number of hydrogen-bond donors (Lipinski definition) is 2. The van der Waals surface area contributed by atoms with Gasteiger partial charge in [0.2, 0.25) is 5.91 Å². The molecule has 4 unspecified atom stereocenters. The number of piperidine rings is 1. The summed E-state index contributed by atoms with van der Waals surface area (Å²) >= 11 is 0. The quantitative estimate of drug-likeness (QED) is 0.773. The fourth-order valence-electron chi connectivity index (χ4n) is 3.14. The summed E-state index contributed by atoms with van der Waals surface area (Å²) < 4.78 is 0. The summed E-state index contributed by atoms with van der Waals surface area (Å²) in [6.45, 7) is 5.58. The van der Waals surface area contributed by atoms with Crippen LogP contribution in [0.4, 0.5) is 0 Å². The van der Waals surface area contributed by atoms with Crippen molar-refractivity contribution in [2.45, 2.75) is 64.5 Å². The SMILES string of the molecule is CC1CCCC(NC(=O)C2CCCCN2)C1C. The lowest BCUT2D eigenvalue weighted by atomic mass is 9.78. The summed E-state index contributed by atoms with van der Waals surface area (Å²) in [6.07, 6.45) is 7.12. The van der Waals surface area contributed by atoms with E-state index < -0.39 is 0 Å². The van der Waals surface area contributed by atoms with Crippen LogP contribution in [0.15, 0.2) is 0 Å². The standard InChI is InChI=1S/C14H26N2O/c1-10-6-5-8-12(11(10)2)16-14(17)13-7-3-4-9-15-13/h10-13,15H,3-9H2,1-2H3,(H,16,17). The van der Waals surface area contributed by atoms with Crippen LogP contribution in [0.25, 0.3) is 0 Å². The van der Waals surface area contributed by atoms with E-state index in [-0.39, 0.29) is 11.9 Å². The van der Waals surface area contributed by atoms with Gasteiger partial charge in [0.25, 0.3) is 0 Å². The molecule has 4 atom stereocenters. The molecule has 0 aromatic carbocycles. The minimum absolute atomic E-state index is 0.0631. The summed E-state index contributed by atoms with van der Waals surface area (Å²) in [4.78, 5) is 12.1. The van der Waals surface area contributed by atoms with Crippen molar-refractivity contribution in [3.8, 4) is 0 Å². The van der Waals surface area contributed by atoms with Gasteiger partial charge in [-0.05, 0) is 37.6 Å². The summed E-state index contributed by atoms with van der Waals surface area (Å²) in [7, 11) is 0. The minimum Gasteiger partial charge on any atom is -0.352 e. The molecular formula is C14H26N2O. The summed E-state index contributed by atoms with van der Waals surface area (Å²) in [5, 5.41) is 6.59. The molecule has 2 rings (SSSR count). The van der Waals surface area contributed by atoms with Crippen LogP contribution >= 0.6 is 0 Å². The van der Waals surface area contributed by atoms with Gasteiger partial charge in [-0.2, -0.15) is 0 Å². The molecule has 2 aliphatic rings. The van der Waals surface area contributed by atoms with Gasteiger partial charge in [-0.3, -0.25) is 4.79 Å². The smallest absolute Gasteiger partial charge is 0.237 e. The van der Waals surface area contributed by atoms with Crippen molar-refractivity contribution in [3.05, 3.63) is 0 Å². The second-order valence-electron chi connectivity index (χ2n) is 5.88. The first-order valence-electron chi connectivity index (χ1n) is 7.22. The maximum Gasteiger partial charge on any atom is 0.237 e. The van der Waals surface area contributed by atoms with Gasteiger partial charge in [0.1, 0.15) is 0 Å². The zero-order valence-electron chi connectivity index (χ0n) is 11.2. The van der Waals surface area contributed by atoms with Crippen molar-refractivity contribution >= 4 is 5.91 Å². The Labute approximate surface area is 105 Å². The highest BCUT2D eigenvalue weighted by molar-refractivity contribution is 5.82. The lowest BCUT2D eigenvalue weighted by Gasteiger charge is -2.36. The van der Waals surface area contributed by atoms with E-state index in [2.05, 4.69) is 24.5 Å². The van der Waals surface area contributed by atoms with Crippen LogP contribution in [-0.4, -0.2) is 24.5 Å². The number of carbonyl (C=O) groups excluding carboxylic acids is 1. The first-order chi connectivity index (χ1) is 8.18. The summed E-state index contributed by atoms with van der Waals surface area (Å²) in [5.41, 5.74) is 0. The van der Waals surface area contributed by atoms with Crippen molar-refractivity contribution in [3.63, 3.8) is 0 Å². The predicted octanol–water partition coefficient (Wildman–Crippen LogP) is 2.07. The van der Waals surface area contributed by atoms with Crippen LogP contribution < -0.4 is 10.6 Å². The molecule has 1 saturated heterocycles. The first kappa shape index (κ1) is 12.9. The predicted molar refractivity (Wildman–Crippen MR) is 69.8 cm³/mol. The lowest BCUT2D eigenvalue weighted by Crippen LogP contribution is -2.52. The highest BCUT2D eigenvalue weighted by Crippen LogP contribution is 2.29. The zero-order valence-corrected chi connectivity index (χ0v) is 11.2. The highest BCUT2D eigenvalue weighted by Gasteiger charge is 2.30. The normalized spacial score (nSPS) is 38.7. The topological polar surface area (TPSA) is 41.1 Å². The molecule has 2 fully saturated rings. The van der Waals surface area contributed by atoms with Crippen LogP contribution in [-0.2, 0) is 4.79 Å². The Balaban J connectivity index is 1.84. The number of rotatable bonds is 2. The molecule has 3 nitrogen and oxygen atoms in total. The third-order valence-electron chi connectivity index (χ3n) is 4.66. The Morgan fingerprint density at radius 1 is 1.12 bits per heavy atom. The van der Waals surface area contributed by atoms with Gasteiger partial charge < -0.3 is 10.6 Å². The van der Waals surface area contributed by atoms with Crippen molar-refractivity contribution in [1.82, 2.24) is 10.6 Å². The van der Waals surface area contributed by atoms with E-state index in [4.69, 9.17) is 0 Å². The Bertz CT molecular complexity index is 261. The van der Waals surface area contributed by atoms with Gasteiger partial charge in [-0.1, -0.05) is 33.1 Å². The van der Waals surface area contributed by atoms with Gasteiger partial charge >= 0.3 is 0 Å². The maximum absolute atomic E-state index is 12.1. The zero-order chi connectivity index (χ0) is 12.3. The molecule has 0 aromatic heterocycles. The number of hydrogen-bond acceptors (Lipinski definition) is 2. The van der Waals surface area contributed by atoms with E-state index in [1.54, 1.807) is 0 Å². The van der Waals surface area contributed by atoms with Crippen LogP contribution in [0.2, 0.25) is 0 Å². The van der Waals surface area contributed by atoms with Crippen LogP contribution in [0.1, 0.15) is 52.4 Å². The maximum atomic E-state index is 12.1. The average Bonchev–Trinajstić information content (AvgIpc) is 2.36. The minimum atomic E-state index is 0.0631. The van der Waals surface area contributed by atoms with Gasteiger partial charge in [0, 0.05) is 6.04 Å². The molecule has 1 amide bonds. The first-order valence-corrected chi connectivity index (χ1v) is 7.22. The average molecular weight is 238 g/mol. The molecule has 1 heterocycles. The van der Waals surface area contributed by atoms with E-state index in [1.807, 2.05) is 0 Å². The molecule has 0 aromatic rings. The van der Waals surface area contributed by atoms with Crippen LogP contribution in [0, 0.1) is 11.8 Å². The third-order valence-corrected chi connectivity index (χ3v) is 4.66. The number of carbonyl (C=O) groups is 1. The largest absolute Gasteiger partial charge is 0.352 e. The van der Waals surface area contributed by atoms with E-state index in [9.17, 15) is 4.79 Å². The Kier molecular flexibility index (Phi) is 4.43. The highest BCUT2D eigenvalue weighted by atomic mass is 16.2. The van der Waals surface area contributed by atoms with E-state index in [1.165, 1.54) is 25.7 Å². The van der Waals surface area contributed by atoms with Crippen molar-refractivity contribution in [1.29, 1.82) is 0 Å². The van der Waals surface area contributed by atoms with Crippen molar-refractivity contribution in [2.75, 3.05) is 6.54 Å². The molecule has 1 aliphatic carbocycles. The molecule has 3 heteroatoms. The number of amides is 1. The van der Waals surface area contributed by atoms with E-state index >= 15 is 0 Å². The fourth-order valence-corrected chi connectivity index (χ4v) is 3.14. The lowest BCUT2D eigenvalue weighted by molar-refractivity contribution is -0.125. The molecule has 2 N–H and O–H groups in total. The van der Waals surface area contributed by atoms with Gasteiger partial charge in [-0.15, -0.1) is 0 Å². The number of nitrogens with one attached hydrogen (secondary N) is 2. The van der Waals surface area contributed by atoms with Crippen molar-refractivity contribution in [2.24, 2.45) is 11.8 Å². The second kappa shape index (κ2) is 5.85. The van der Waals surface area contributed by atoms with Crippen LogP contribution in [0.5, 0.6) is 0 Å². The molecular weight excluding hydrogens is 212 g/mol. The Morgan fingerprint density at radius 3 is 2.65 bits per heavy atom. The van der Waals surface area contributed by atoms with Crippen LogP contribution in [0.3, 0.4) is 0 Å². The Morgan fingerprint density at radius 2 is 1.94 bits per heavy atom. The molecule has 17 heavy (non-hydrogen) atoms. The molecule has 1 aliphatic heterocycles. The molecule has 98 valence electrons. The molecule has 0 spiro atoms. The Hall–Kier alpha value is -0.570. The summed E-state index contributed by atoms with van der Waals surface area (Å²) in [6, 6.07) is 0.461. The molecule has 1 saturated carbocycles. The monoisotopic (exact) mass is 238 g/mol. The molecule has 0 bridgehead atoms. The van der Waals surface area contributed by atoms with E-state index in [0.717, 1.165) is 25.3 Å². The third kappa shape index (κ3) is 3.21. The van der Waals surface area contributed by atoms with E-state index in [0.29, 0.717) is 12.0 Å². The van der Waals surface area contributed by atoms with Gasteiger partial charge in [-0.25, -0.2) is 0 Å². The van der Waals surface area contributed by atoms with Gasteiger partial charge in [0.05, 0.1) is 6.04 Å². The summed E-state index contributed by atoms with van der Waals surface area (Å²) in [5.74, 6) is 1.60. The fraction of sp³-hybridized carbons (Fsp3) is 0.929. The second-order valence-corrected chi connectivity index (χ2v) is 5.88. The van der Waals surface area contributed by atoms with Crippen molar-refractivity contribution < 1.29 is 4.79 Å².